The maximum Gasteiger partial charge on any atom is 0.419 e. The summed E-state index contributed by atoms with van der Waals surface area (Å²) in [7, 11) is 0. The van der Waals surface area contributed by atoms with Crippen molar-refractivity contribution in [3.8, 4) is 0 Å². The van der Waals surface area contributed by atoms with Crippen LogP contribution in [0, 0.1) is 0 Å². The van der Waals surface area contributed by atoms with Gasteiger partial charge in [-0.15, -0.1) is 0 Å². The molecule has 8 heteroatoms. The summed E-state index contributed by atoms with van der Waals surface area (Å²) < 4.78 is 38.6. The third-order valence-electron chi connectivity index (χ3n) is 3.67. The third kappa shape index (κ3) is 4.20. The predicted molar refractivity (Wildman–Crippen MR) is 70.2 cm³/mol. The largest absolute Gasteiger partial charge is 0.419 e. The minimum atomic E-state index is -4.38. The fraction of sp³-hybridized carbons (Fsp3) is 0.692. The van der Waals surface area contributed by atoms with Crippen LogP contribution in [0.25, 0.3) is 0 Å². The second-order valence-electron chi connectivity index (χ2n) is 5.71. The highest BCUT2D eigenvalue weighted by molar-refractivity contribution is 5.84. The number of aryl methyl sites for hydroxylation is 1. The molecule has 1 aromatic heterocycles. The molecule has 3 N–H and O–H groups in total. The van der Waals surface area contributed by atoms with Crippen molar-refractivity contribution < 1.29 is 18.0 Å². The number of hydrogen-bond acceptors (Lipinski definition) is 3. The highest BCUT2D eigenvalue weighted by Gasteiger charge is 2.36. The average molecular weight is 304 g/mol. The molecule has 1 aromatic rings. The van der Waals surface area contributed by atoms with Gasteiger partial charge in [-0.25, -0.2) is 0 Å². The Kier molecular flexibility index (Phi) is 4.27. The minimum absolute atomic E-state index is 0.311. The Balaban J connectivity index is 1.87. The van der Waals surface area contributed by atoms with Gasteiger partial charge in [-0.2, -0.15) is 18.3 Å². The average Bonchev–Trinajstić information content (AvgIpc) is 3.02. The van der Waals surface area contributed by atoms with Crippen LogP contribution >= 0.6 is 0 Å². The van der Waals surface area contributed by atoms with E-state index in [1.165, 1.54) is 4.68 Å². The van der Waals surface area contributed by atoms with Crippen LogP contribution in [0.2, 0.25) is 0 Å². The monoisotopic (exact) mass is 304 g/mol. The Hall–Kier alpha value is -1.57. The molecule has 118 valence electrons. The Labute approximate surface area is 120 Å². The number of aromatic nitrogens is 2. The van der Waals surface area contributed by atoms with Crippen molar-refractivity contribution in [2.24, 2.45) is 5.73 Å². The van der Waals surface area contributed by atoms with Crippen molar-refractivity contribution in [1.29, 1.82) is 0 Å². The van der Waals surface area contributed by atoms with E-state index in [0.29, 0.717) is 25.4 Å². The van der Waals surface area contributed by atoms with Gasteiger partial charge in [0, 0.05) is 18.8 Å². The van der Waals surface area contributed by atoms with Gasteiger partial charge in [0.2, 0.25) is 5.91 Å². The maximum absolute atomic E-state index is 12.4. The fourth-order valence-corrected chi connectivity index (χ4v) is 2.17. The van der Waals surface area contributed by atoms with Crippen molar-refractivity contribution in [2.45, 2.75) is 56.9 Å². The summed E-state index contributed by atoms with van der Waals surface area (Å²) in [5, 5.41) is 6.88. The molecule has 1 aliphatic carbocycles. The van der Waals surface area contributed by atoms with Crippen molar-refractivity contribution in [3.63, 3.8) is 0 Å². The molecule has 1 atom stereocenters. The first kappa shape index (κ1) is 15.8. The van der Waals surface area contributed by atoms with E-state index in [2.05, 4.69) is 10.4 Å². The summed E-state index contributed by atoms with van der Waals surface area (Å²) in [6.07, 6.45) is 0.408. The normalized spacial score (nSPS) is 18.5. The van der Waals surface area contributed by atoms with Crippen LogP contribution in [0.15, 0.2) is 12.4 Å². The lowest BCUT2D eigenvalue weighted by atomic mass is 9.94. The number of amides is 1. The molecule has 1 unspecified atom stereocenters. The second-order valence-corrected chi connectivity index (χ2v) is 5.71. The summed E-state index contributed by atoms with van der Waals surface area (Å²) in [6, 6.07) is 0.323. The Bertz CT molecular complexity index is 510. The minimum Gasteiger partial charge on any atom is -0.368 e. The van der Waals surface area contributed by atoms with Crippen molar-refractivity contribution in [2.75, 3.05) is 0 Å². The molecular formula is C13H19F3N4O. The first-order valence-corrected chi connectivity index (χ1v) is 6.88. The molecule has 1 aliphatic rings. The molecule has 0 saturated heterocycles. The van der Waals surface area contributed by atoms with E-state index in [-0.39, 0.29) is 0 Å². The zero-order valence-electron chi connectivity index (χ0n) is 11.8. The number of nitrogens with one attached hydrogen (secondary N) is 1. The van der Waals surface area contributed by atoms with Gasteiger partial charge in [0.1, 0.15) is 0 Å². The van der Waals surface area contributed by atoms with E-state index in [1.807, 2.05) is 0 Å². The zero-order valence-corrected chi connectivity index (χ0v) is 11.8. The number of carbonyl (C=O) groups excluding carboxylic acids is 1. The number of rotatable bonds is 7. The lowest BCUT2D eigenvalue weighted by Crippen LogP contribution is -2.54. The topological polar surface area (TPSA) is 72.9 Å². The molecule has 5 nitrogen and oxygen atoms in total. The first-order chi connectivity index (χ1) is 9.71. The van der Waals surface area contributed by atoms with Gasteiger partial charge in [-0.1, -0.05) is 0 Å². The highest BCUT2D eigenvalue weighted by Crippen LogP contribution is 2.28. The van der Waals surface area contributed by atoms with Crippen LogP contribution < -0.4 is 11.1 Å². The molecule has 1 saturated carbocycles. The fourth-order valence-electron chi connectivity index (χ4n) is 2.17. The number of primary amides is 1. The van der Waals surface area contributed by atoms with Crippen molar-refractivity contribution in [1.82, 2.24) is 15.1 Å². The molecular weight excluding hydrogens is 285 g/mol. The highest BCUT2D eigenvalue weighted by atomic mass is 19.4. The first-order valence-electron chi connectivity index (χ1n) is 6.88. The maximum atomic E-state index is 12.4. The van der Waals surface area contributed by atoms with E-state index in [1.54, 1.807) is 6.92 Å². The number of halogens is 3. The summed E-state index contributed by atoms with van der Waals surface area (Å²) in [4.78, 5) is 11.6. The van der Waals surface area contributed by atoms with Gasteiger partial charge < -0.3 is 11.1 Å². The molecule has 0 bridgehead atoms. The standard InChI is InChI=1S/C13H19F3N4O/c1-12(11(17)21,19-10-3-4-10)5-2-6-20-8-9(7-18-20)13(14,15)16/h7-8,10,19H,2-6H2,1H3,(H2,17,21). The van der Waals surface area contributed by atoms with Crippen LogP contribution in [0.5, 0.6) is 0 Å². The molecule has 0 radical (unpaired) electrons. The molecule has 1 fully saturated rings. The van der Waals surface area contributed by atoms with Gasteiger partial charge in [0.05, 0.1) is 17.3 Å². The molecule has 0 spiro atoms. The molecule has 0 aliphatic heterocycles. The van der Waals surface area contributed by atoms with E-state index < -0.39 is 23.2 Å². The number of carbonyl (C=O) groups is 1. The molecule has 1 amide bonds. The van der Waals surface area contributed by atoms with Gasteiger partial charge >= 0.3 is 6.18 Å². The molecule has 1 heterocycles. The summed E-state index contributed by atoms with van der Waals surface area (Å²) in [5.74, 6) is -0.439. The number of nitrogens with two attached hydrogens (primary N) is 1. The second kappa shape index (κ2) is 5.67. The Morgan fingerprint density at radius 3 is 2.67 bits per heavy atom. The zero-order chi connectivity index (χ0) is 15.7. The van der Waals surface area contributed by atoms with E-state index >= 15 is 0 Å². The van der Waals surface area contributed by atoms with E-state index in [4.69, 9.17) is 5.73 Å². The van der Waals surface area contributed by atoms with Crippen LogP contribution in [0.1, 0.15) is 38.2 Å². The quantitative estimate of drug-likeness (QED) is 0.805. The lowest BCUT2D eigenvalue weighted by molar-refractivity contribution is -0.137. The Morgan fingerprint density at radius 2 is 2.19 bits per heavy atom. The van der Waals surface area contributed by atoms with E-state index in [9.17, 15) is 18.0 Å². The smallest absolute Gasteiger partial charge is 0.368 e. The molecule has 21 heavy (non-hydrogen) atoms. The summed E-state index contributed by atoms with van der Waals surface area (Å²) >= 11 is 0. The van der Waals surface area contributed by atoms with Crippen LogP contribution in [0.4, 0.5) is 13.2 Å². The van der Waals surface area contributed by atoms with Crippen LogP contribution in [0.3, 0.4) is 0 Å². The number of alkyl halides is 3. The van der Waals surface area contributed by atoms with Crippen LogP contribution in [-0.4, -0.2) is 27.3 Å². The van der Waals surface area contributed by atoms with Gasteiger partial charge in [-0.05, 0) is 32.6 Å². The van der Waals surface area contributed by atoms with Crippen LogP contribution in [-0.2, 0) is 17.5 Å². The van der Waals surface area contributed by atoms with Gasteiger partial charge in [0.15, 0.2) is 0 Å². The third-order valence-corrected chi connectivity index (χ3v) is 3.67. The van der Waals surface area contributed by atoms with Gasteiger partial charge in [0.25, 0.3) is 0 Å². The number of hydrogen-bond donors (Lipinski definition) is 2. The van der Waals surface area contributed by atoms with Gasteiger partial charge in [-0.3, -0.25) is 9.48 Å². The lowest BCUT2D eigenvalue weighted by Gasteiger charge is -2.27. The Morgan fingerprint density at radius 1 is 1.52 bits per heavy atom. The summed E-state index contributed by atoms with van der Waals surface area (Å²) in [6.45, 7) is 2.04. The van der Waals surface area contributed by atoms with E-state index in [0.717, 1.165) is 25.2 Å². The molecule has 2 rings (SSSR count). The number of nitrogens with zero attached hydrogens (tertiary/aromatic N) is 2. The summed E-state index contributed by atoms with van der Waals surface area (Å²) in [5.41, 5.74) is 3.83. The van der Waals surface area contributed by atoms with Crippen molar-refractivity contribution >= 4 is 5.91 Å². The predicted octanol–water partition coefficient (Wildman–Crippen LogP) is 1.68. The SMILES string of the molecule is CC(CCCn1cc(C(F)(F)F)cn1)(NC1CC1)C(N)=O. The molecule has 0 aromatic carbocycles. The van der Waals surface area contributed by atoms with Crippen molar-refractivity contribution in [3.05, 3.63) is 18.0 Å².